The number of halogens is 1. The summed E-state index contributed by atoms with van der Waals surface area (Å²) in [5, 5.41) is 9.50. The Morgan fingerprint density at radius 2 is 2.14 bits per heavy atom. The van der Waals surface area contributed by atoms with Crippen molar-refractivity contribution in [1.29, 1.82) is 0 Å². The molecule has 0 radical (unpaired) electrons. The molecule has 1 aromatic rings. The van der Waals surface area contributed by atoms with Gasteiger partial charge >= 0.3 is 5.97 Å². The second-order valence-corrected chi connectivity index (χ2v) is 4.91. The average Bonchev–Trinajstić information content (AvgIpc) is 2.43. The van der Waals surface area contributed by atoms with Gasteiger partial charge in [-0.1, -0.05) is 0 Å². The van der Waals surface area contributed by atoms with Crippen molar-refractivity contribution in [1.82, 2.24) is 9.80 Å². The number of rotatable bonds is 4. The van der Waals surface area contributed by atoms with Crippen LogP contribution in [0.2, 0.25) is 0 Å². The van der Waals surface area contributed by atoms with Crippen LogP contribution in [0.25, 0.3) is 0 Å². The molecule has 1 heterocycles. The van der Waals surface area contributed by atoms with Crippen LogP contribution in [0.5, 0.6) is 5.75 Å². The molecule has 1 saturated heterocycles. The first-order valence-electron chi connectivity index (χ1n) is 6.48. The van der Waals surface area contributed by atoms with E-state index in [1.165, 1.54) is 29.0 Å². The molecule has 114 valence electrons. The average molecular weight is 296 g/mol. The Morgan fingerprint density at radius 3 is 2.71 bits per heavy atom. The number of likely N-dealkylation sites (N-methyl/N-ethyl adjacent to an activating group) is 1. The van der Waals surface area contributed by atoms with E-state index in [9.17, 15) is 19.1 Å². The molecule has 1 amide bonds. The summed E-state index contributed by atoms with van der Waals surface area (Å²) in [6, 6.07) is 2.61. The lowest BCUT2D eigenvalue weighted by Crippen LogP contribution is -2.51. The third-order valence-corrected chi connectivity index (χ3v) is 3.57. The van der Waals surface area contributed by atoms with Gasteiger partial charge in [0.1, 0.15) is 17.6 Å². The molecule has 0 saturated carbocycles. The highest BCUT2D eigenvalue weighted by Gasteiger charge is 2.34. The van der Waals surface area contributed by atoms with E-state index in [4.69, 9.17) is 4.74 Å². The normalized spacial score (nSPS) is 17.7. The van der Waals surface area contributed by atoms with Gasteiger partial charge in [-0.25, -0.2) is 4.39 Å². The molecule has 0 bridgehead atoms. The summed E-state index contributed by atoms with van der Waals surface area (Å²) < 4.78 is 18.6. The molecule has 2 rings (SSSR count). The molecule has 1 aliphatic rings. The predicted molar refractivity (Wildman–Crippen MR) is 72.5 cm³/mol. The number of carbonyl (C=O) groups is 2. The minimum atomic E-state index is -1.14. The maximum atomic E-state index is 13.5. The number of aliphatic carboxylic acids is 1. The fourth-order valence-corrected chi connectivity index (χ4v) is 2.40. The Bertz CT molecular complexity index is 564. The van der Waals surface area contributed by atoms with Gasteiger partial charge in [0.25, 0.3) is 0 Å². The van der Waals surface area contributed by atoms with Gasteiger partial charge in [0, 0.05) is 25.7 Å². The molecule has 1 aliphatic heterocycles. The highest BCUT2D eigenvalue weighted by molar-refractivity contribution is 5.81. The van der Waals surface area contributed by atoms with Crippen molar-refractivity contribution in [2.24, 2.45) is 0 Å². The van der Waals surface area contributed by atoms with Crippen molar-refractivity contribution in [3.05, 3.63) is 29.6 Å². The molecule has 1 fully saturated rings. The van der Waals surface area contributed by atoms with Gasteiger partial charge < -0.3 is 14.7 Å². The molecule has 0 unspecified atom stereocenters. The second-order valence-electron chi connectivity index (χ2n) is 4.91. The maximum absolute atomic E-state index is 13.5. The summed E-state index contributed by atoms with van der Waals surface area (Å²) in [7, 11) is 3.06. The first kappa shape index (κ1) is 15.2. The van der Waals surface area contributed by atoms with Crippen molar-refractivity contribution in [2.75, 3.05) is 33.8 Å². The van der Waals surface area contributed by atoms with Crippen LogP contribution in [0.4, 0.5) is 4.39 Å². The van der Waals surface area contributed by atoms with Gasteiger partial charge in [0.15, 0.2) is 0 Å². The minimum absolute atomic E-state index is 0.0207. The van der Waals surface area contributed by atoms with Crippen molar-refractivity contribution in [3.63, 3.8) is 0 Å². The lowest BCUT2D eigenvalue weighted by molar-refractivity contribution is -0.147. The third kappa shape index (κ3) is 3.13. The number of nitrogens with zero attached hydrogens (tertiary/aromatic N) is 2. The Labute approximate surface area is 121 Å². The molecule has 1 atom stereocenters. The largest absolute Gasteiger partial charge is 0.496 e. The molecule has 7 heteroatoms. The number of carboxylic acid groups (broad SMARTS) is 1. The summed E-state index contributed by atoms with van der Waals surface area (Å²) in [4.78, 5) is 26.4. The topological polar surface area (TPSA) is 70.1 Å². The number of methoxy groups -OCH3 is 1. The number of amides is 1. The summed E-state index contributed by atoms with van der Waals surface area (Å²) in [6.07, 6.45) is 0. The van der Waals surface area contributed by atoms with Gasteiger partial charge in [0.2, 0.25) is 5.91 Å². The standard InChI is InChI=1S/C14H17FN2O4/c1-16-5-6-17(8-12(16)18)13(14(19)20)10-7-9(15)3-4-11(10)21-2/h3-4,7,13H,5-6,8H2,1-2H3,(H,19,20)/t13-/m1/s1. The van der Waals surface area contributed by atoms with Crippen molar-refractivity contribution in [2.45, 2.75) is 6.04 Å². The molecular formula is C14H17FN2O4. The zero-order valence-electron chi connectivity index (χ0n) is 11.9. The zero-order chi connectivity index (χ0) is 15.6. The first-order chi connectivity index (χ1) is 9.93. The Hall–Kier alpha value is -2.15. The molecule has 0 spiro atoms. The molecule has 0 aromatic heterocycles. The Morgan fingerprint density at radius 1 is 1.43 bits per heavy atom. The molecule has 1 aromatic carbocycles. The van der Waals surface area contributed by atoms with E-state index in [0.29, 0.717) is 13.1 Å². The van der Waals surface area contributed by atoms with Gasteiger partial charge in [-0.2, -0.15) is 0 Å². The van der Waals surface area contributed by atoms with E-state index < -0.39 is 17.8 Å². The van der Waals surface area contributed by atoms with Crippen LogP contribution in [-0.4, -0.2) is 60.6 Å². The molecule has 21 heavy (non-hydrogen) atoms. The summed E-state index contributed by atoms with van der Waals surface area (Å²) >= 11 is 0. The lowest BCUT2D eigenvalue weighted by atomic mass is 10.0. The van der Waals surface area contributed by atoms with Gasteiger partial charge in [0.05, 0.1) is 13.7 Å². The monoisotopic (exact) mass is 296 g/mol. The first-order valence-corrected chi connectivity index (χ1v) is 6.48. The van der Waals surface area contributed by atoms with Gasteiger partial charge in [-0.15, -0.1) is 0 Å². The van der Waals surface area contributed by atoms with E-state index in [1.807, 2.05) is 0 Å². The van der Waals surface area contributed by atoms with Gasteiger partial charge in [-0.3, -0.25) is 14.5 Å². The van der Waals surface area contributed by atoms with E-state index in [2.05, 4.69) is 0 Å². The zero-order valence-corrected chi connectivity index (χ0v) is 11.9. The van der Waals surface area contributed by atoms with E-state index in [0.717, 1.165) is 6.07 Å². The number of carbonyl (C=O) groups excluding carboxylic acids is 1. The Kier molecular flexibility index (Phi) is 4.42. The molecule has 1 N–H and O–H groups in total. The minimum Gasteiger partial charge on any atom is -0.496 e. The van der Waals surface area contributed by atoms with Crippen LogP contribution >= 0.6 is 0 Å². The second kappa shape index (κ2) is 6.09. The lowest BCUT2D eigenvalue weighted by Gasteiger charge is -2.36. The van der Waals surface area contributed by atoms with Crippen molar-refractivity contribution >= 4 is 11.9 Å². The van der Waals surface area contributed by atoms with Crippen LogP contribution in [0.1, 0.15) is 11.6 Å². The predicted octanol–water partition coefficient (Wildman–Crippen LogP) is 0.734. The van der Waals surface area contributed by atoms with Crippen LogP contribution < -0.4 is 4.74 Å². The Balaban J connectivity index is 2.38. The molecule has 6 nitrogen and oxygen atoms in total. The molecular weight excluding hydrogens is 279 g/mol. The number of piperazine rings is 1. The number of ether oxygens (including phenoxy) is 1. The number of benzene rings is 1. The van der Waals surface area contributed by atoms with Crippen LogP contribution in [0.3, 0.4) is 0 Å². The van der Waals surface area contributed by atoms with Crippen molar-refractivity contribution < 1.29 is 23.8 Å². The van der Waals surface area contributed by atoms with E-state index in [1.54, 1.807) is 7.05 Å². The SMILES string of the molecule is COc1ccc(F)cc1[C@H](C(=O)O)N1CCN(C)C(=O)C1. The molecule has 0 aliphatic carbocycles. The highest BCUT2D eigenvalue weighted by Crippen LogP contribution is 2.31. The number of hydrogen-bond donors (Lipinski definition) is 1. The number of hydrogen-bond acceptors (Lipinski definition) is 4. The van der Waals surface area contributed by atoms with Crippen LogP contribution in [-0.2, 0) is 9.59 Å². The fourth-order valence-electron chi connectivity index (χ4n) is 2.40. The van der Waals surface area contributed by atoms with Crippen LogP contribution in [0.15, 0.2) is 18.2 Å². The van der Waals surface area contributed by atoms with E-state index >= 15 is 0 Å². The quantitative estimate of drug-likeness (QED) is 0.887. The van der Waals surface area contributed by atoms with Crippen LogP contribution in [0, 0.1) is 5.82 Å². The maximum Gasteiger partial charge on any atom is 0.325 e. The highest BCUT2D eigenvalue weighted by atomic mass is 19.1. The third-order valence-electron chi connectivity index (χ3n) is 3.57. The summed E-state index contributed by atoms with van der Waals surface area (Å²) in [5.74, 6) is -1.56. The summed E-state index contributed by atoms with van der Waals surface area (Å²) in [6.45, 7) is 0.812. The van der Waals surface area contributed by atoms with E-state index in [-0.39, 0.29) is 23.8 Å². The van der Waals surface area contributed by atoms with Gasteiger partial charge in [-0.05, 0) is 18.2 Å². The van der Waals surface area contributed by atoms with Crippen molar-refractivity contribution in [3.8, 4) is 5.75 Å². The number of carboxylic acids is 1. The fraction of sp³-hybridized carbons (Fsp3) is 0.429. The summed E-state index contributed by atoms with van der Waals surface area (Å²) in [5.41, 5.74) is 0.211. The smallest absolute Gasteiger partial charge is 0.325 e.